The van der Waals surface area contributed by atoms with E-state index in [-0.39, 0.29) is 5.91 Å². The van der Waals surface area contributed by atoms with Crippen LogP contribution in [0.5, 0.6) is 0 Å². The number of piperazine rings is 1. The Morgan fingerprint density at radius 1 is 1.12 bits per heavy atom. The van der Waals surface area contributed by atoms with Gasteiger partial charge in [0.15, 0.2) is 0 Å². The molecule has 0 unspecified atom stereocenters. The van der Waals surface area contributed by atoms with Crippen LogP contribution in [0.1, 0.15) is 10.4 Å². The summed E-state index contributed by atoms with van der Waals surface area (Å²) in [5.74, 6) is 0.412. The number of nitrogens with zero attached hydrogens (tertiary/aromatic N) is 3. The molecule has 1 saturated heterocycles. The standard InChI is InChI=1S/C17H16Cl2N4O2/c18-13-1-2-14(19)15(10-13)21-16-9-12(3-4-20-16)17(25)23-7-5-22(11-24)6-8-23/h1-4,9-11H,5-8H2,(H,20,21). The van der Waals surface area contributed by atoms with Crippen molar-refractivity contribution in [3.63, 3.8) is 0 Å². The molecule has 0 radical (unpaired) electrons. The number of anilines is 2. The molecule has 1 N–H and O–H groups in total. The van der Waals surface area contributed by atoms with Gasteiger partial charge in [0, 0.05) is 43.0 Å². The molecular weight excluding hydrogens is 363 g/mol. The van der Waals surface area contributed by atoms with Gasteiger partial charge in [0.05, 0.1) is 10.7 Å². The Balaban J connectivity index is 1.74. The lowest BCUT2D eigenvalue weighted by Crippen LogP contribution is -2.48. The van der Waals surface area contributed by atoms with E-state index in [4.69, 9.17) is 23.2 Å². The highest BCUT2D eigenvalue weighted by Crippen LogP contribution is 2.28. The summed E-state index contributed by atoms with van der Waals surface area (Å²) in [7, 11) is 0. The van der Waals surface area contributed by atoms with Gasteiger partial charge in [-0.3, -0.25) is 9.59 Å². The van der Waals surface area contributed by atoms with Crippen LogP contribution < -0.4 is 5.32 Å². The van der Waals surface area contributed by atoms with Gasteiger partial charge >= 0.3 is 0 Å². The van der Waals surface area contributed by atoms with Gasteiger partial charge in [-0.2, -0.15) is 0 Å². The lowest BCUT2D eigenvalue weighted by Gasteiger charge is -2.32. The number of hydrogen-bond acceptors (Lipinski definition) is 4. The highest BCUT2D eigenvalue weighted by molar-refractivity contribution is 6.35. The highest BCUT2D eigenvalue weighted by atomic mass is 35.5. The van der Waals surface area contributed by atoms with Crippen molar-refractivity contribution in [2.45, 2.75) is 0 Å². The Bertz CT molecular complexity index is 792. The molecule has 1 aromatic heterocycles. The van der Waals surface area contributed by atoms with E-state index in [1.54, 1.807) is 46.3 Å². The number of amides is 2. The number of aromatic nitrogens is 1. The number of rotatable bonds is 4. The van der Waals surface area contributed by atoms with E-state index in [2.05, 4.69) is 10.3 Å². The summed E-state index contributed by atoms with van der Waals surface area (Å²) >= 11 is 12.1. The van der Waals surface area contributed by atoms with Crippen LogP contribution in [0.15, 0.2) is 36.5 Å². The largest absolute Gasteiger partial charge is 0.342 e. The monoisotopic (exact) mass is 378 g/mol. The number of carbonyl (C=O) groups is 2. The molecule has 1 aliphatic rings. The summed E-state index contributed by atoms with van der Waals surface area (Å²) in [6.07, 6.45) is 2.38. The second-order valence-corrected chi connectivity index (χ2v) is 6.46. The van der Waals surface area contributed by atoms with Gasteiger partial charge < -0.3 is 15.1 Å². The van der Waals surface area contributed by atoms with E-state index in [1.807, 2.05) is 0 Å². The molecule has 0 bridgehead atoms. The van der Waals surface area contributed by atoms with Crippen LogP contribution in [0.3, 0.4) is 0 Å². The van der Waals surface area contributed by atoms with Gasteiger partial charge in [-0.1, -0.05) is 23.2 Å². The summed E-state index contributed by atoms with van der Waals surface area (Å²) in [5.41, 5.74) is 1.14. The molecule has 0 spiro atoms. The van der Waals surface area contributed by atoms with Crippen molar-refractivity contribution in [1.82, 2.24) is 14.8 Å². The number of nitrogens with one attached hydrogen (secondary N) is 1. The van der Waals surface area contributed by atoms with Crippen LogP contribution in [0.4, 0.5) is 11.5 Å². The Labute approximate surface area is 155 Å². The molecule has 2 amide bonds. The SMILES string of the molecule is O=CN1CCN(C(=O)c2ccnc(Nc3cc(Cl)ccc3Cl)c2)CC1. The minimum atomic E-state index is -0.0896. The summed E-state index contributed by atoms with van der Waals surface area (Å²) in [6, 6.07) is 8.42. The van der Waals surface area contributed by atoms with E-state index in [9.17, 15) is 9.59 Å². The molecule has 3 rings (SSSR count). The third-order valence-electron chi connectivity index (χ3n) is 3.95. The van der Waals surface area contributed by atoms with Crippen molar-refractivity contribution in [1.29, 1.82) is 0 Å². The van der Waals surface area contributed by atoms with Crippen LogP contribution in [-0.4, -0.2) is 53.3 Å². The Morgan fingerprint density at radius 2 is 1.88 bits per heavy atom. The molecule has 0 atom stereocenters. The Morgan fingerprint density at radius 3 is 2.60 bits per heavy atom. The number of hydrogen-bond donors (Lipinski definition) is 1. The fourth-order valence-electron chi connectivity index (χ4n) is 2.58. The minimum Gasteiger partial charge on any atom is -0.342 e. The zero-order valence-electron chi connectivity index (χ0n) is 13.3. The van der Waals surface area contributed by atoms with Gasteiger partial charge in [0.1, 0.15) is 5.82 Å². The second-order valence-electron chi connectivity index (χ2n) is 5.61. The summed E-state index contributed by atoms with van der Waals surface area (Å²) in [4.78, 5) is 31.0. The first kappa shape index (κ1) is 17.5. The lowest BCUT2D eigenvalue weighted by molar-refractivity contribution is -0.119. The second kappa shape index (κ2) is 7.72. The van der Waals surface area contributed by atoms with E-state index in [0.717, 1.165) is 6.41 Å². The molecule has 1 aliphatic heterocycles. The number of carbonyl (C=O) groups excluding carboxylic acids is 2. The molecule has 25 heavy (non-hydrogen) atoms. The van der Waals surface area contributed by atoms with Crippen LogP contribution in [0, 0.1) is 0 Å². The molecule has 130 valence electrons. The first-order valence-corrected chi connectivity index (χ1v) is 8.49. The Kier molecular flexibility index (Phi) is 5.40. The fourth-order valence-corrected chi connectivity index (χ4v) is 2.91. The highest BCUT2D eigenvalue weighted by Gasteiger charge is 2.21. The van der Waals surface area contributed by atoms with Crippen LogP contribution >= 0.6 is 23.2 Å². The first-order valence-electron chi connectivity index (χ1n) is 7.73. The maximum absolute atomic E-state index is 12.6. The van der Waals surface area contributed by atoms with Crippen molar-refractivity contribution < 1.29 is 9.59 Å². The van der Waals surface area contributed by atoms with Crippen molar-refractivity contribution in [3.05, 3.63) is 52.1 Å². The van der Waals surface area contributed by atoms with E-state index < -0.39 is 0 Å². The van der Waals surface area contributed by atoms with Crippen molar-refractivity contribution in [3.8, 4) is 0 Å². The van der Waals surface area contributed by atoms with Crippen molar-refractivity contribution >= 4 is 47.0 Å². The van der Waals surface area contributed by atoms with Crippen molar-refractivity contribution in [2.75, 3.05) is 31.5 Å². The average Bonchev–Trinajstić information content (AvgIpc) is 2.64. The summed E-state index contributed by atoms with van der Waals surface area (Å²) in [6.45, 7) is 2.12. The normalized spacial score (nSPS) is 14.3. The van der Waals surface area contributed by atoms with Gasteiger partial charge in [0.25, 0.3) is 5.91 Å². The predicted molar refractivity (Wildman–Crippen MR) is 97.5 cm³/mol. The van der Waals surface area contributed by atoms with Crippen LogP contribution in [-0.2, 0) is 4.79 Å². The molecule has 1 fully saturated rings. The summed E-state index contributed by atoms with van der Waals surface area (Å²) < 4.78 is 0. The molecular formula is C17H16Cl2N4O2. The van der Waals surface area contributed by atoms with Gasteiger partial charge in [-0.25, -0.2) is 4.98 Å². The molecule has 2 aromatic rings. The van der Waals surface area contributed by atoms with E-state index in [0.29, 0.717) is 53.3 Å². The molecule has 2 heterocycles. The molecule has 6 nitrogen and oxygen atoms in total. The van der Waals surface area contributed by atoms with Crippen LogP contribution in [0.2, 0.25) is 10.0 Å². The average molecular weight is 379 g/mol. The quantitative estimate of drug-likeness (QED) is 0.830. The molecule has 0 aliphatic carbocycles. The van der Waals surface area contributed by atoms with Crippen LogP contribution in [0.25, 0.3) is 0 Å². The molecule has 0 saturated carbocycles. The van der Waals surface area contributed by atoms with Gasteiger partial charge in [-0.05, 0) is 30.3 Å². The van der Waals surface area contributed by atoms with Crippen molar-refractivity contribution in [2.24, 2.45) is 0 Å². The van der Waals surface area contributed by atoms with Gasteiger partial charge in [-0.15, -0.1) is 0 Å². The number of benzene rings is 1. The topological polar surface area (TPSA) is 65.5 Å². The first-order chi connectivity index (χ1) is 12.1. The summed E-state index contributed by atoms with van der Waals surface area (Å²) in [5, 5.41) is 4.13. The molecule has 8 heteroatoms. The van der Waals surface area contributed by atoms with Gasteiger partial charge in [0.2, 0.25) is 6.41 Å². The Hall–Kier alpha value is -2.31. The minimum absolute atomic E-state index is 0.0896. The number of pyridine rings is 1. The zero-order chi connectivity index (χ0) is 17.8. The third-order valence-corrected chi connectivity index (χ3v) is 4.51. The van der Waals surface area contributed by atoms with E-state index in [1.165, 1.54) is 0 Å². The maximum atomic E-state index is 12.6. The third kappa shape index (κ3) is 4.21. The zero-order valence-corrected chi connectivity index (χ0v) is 14.8. The maximum Gasteiger partial charge on any atom is 0.254 e. The fraction of sp³-hybridized carbons (Fsp3) is 0.235. The molecule has 1 aromatic carbocycles. The predicted octanol–water partition coefficient (Wildman–Crippen LogP) is 3.05. The van der Waals surface area contributed by atoms with E-state index >= 15 is 0 Å². The number of halogens is 2. The lowest BCUT2D eigenvalue weighted by atomic mass is 10.2. The smallest absolute Gasteiger partial charge is 0.254 e.